The molecule has 0 aliphatic rings. The summed E-state index contributed by atoms with van der Waals surface area (Å²) in [7, 11) is 0. The predicted octanol–water partition coefficient (Wildman–Crippen LogP) is 24.7. The minimum Gasteiger partial charge on any atom is -0.466 e. The standard InChI is InChI=1S/C77H147NO5/c1-3-5-7-9-11-13-14-15-16-17-42-45-48-51-55-59-63-67-71-77(82)83-72-68-64-60-56-52-49-46-43-40-38-36-34-32-30-28-26-24-22-20-18-19-21-23-25-27-29-31-33-35-37-39-41-44-47-50-54-58-62-66-70-76(81)78-74(73-79)75(80)69-65-61-57-53-12-10-8-6-4-2/h13-14,16-19,74-75,79-80H,3-12,15,20-73H2,1-2H3,(H,78,81)/b14-13-,17-16-,19-18-. The van der Waals surface area contributed by atoms with Crippen molar-refractivity contribution in [1.82, 2.24) is 5.32 Å². The van der Waals surface area contributed by atoms with Crippen molar-refractivity contribution in [1.29, 1.82) is 0 Å². The molecule has 0 saturated heterocycles. The molecule has 6 heteroatoms. The zero-order chi connectivity index (χ0) is 59.9. The number of allylic oxidation sites excluding steroid dienone is 6. The molecular formula is C77H147NO5. The Kier molecular flexibility index (Phi) is 70.9. The Labute approximate surface area is 519 Å². The van der Waals surface area contributed by atoms with Gasteiger partial charge in [0, 0.05) is 12.8 Å². The molecular weight excluding hydrogens is 1020 g/mol. The van der Waals surface area contributed by atoms with Gasteiger partial charge in [-0.25, -0.2) is 0 Å². The number of aliphatic hydroxyl groups is 2. The topological polar surface area (TPSA) is 95.9 Å². The molecule has 3 N–H and O–H groups in total. The van der Waals surface area contributed by atoms with E-state index < -0.39 is 12.1 Å². The van der Waals surface area contributed by atoms with Crippen molar-refractivity contribution in [2.75, 3.05) is 13.2 Å². The average Bonchev–Trinajstić information content (AvgIpc) is 3.49. The van der Waals surface area contributed by atoms with Crippen molar-refractivity contribution in [3.63, 3.8) is 0 Å². The number of rotatable bonds is 71. The van der Waals surface area contributed by atoms with Gasteiger partial charge in [-0.3, -0.25) is 9.59 Å². The van der Waals surface area contributed by atoms with Crippen molar-refractivity contribution in [2.24, 2.45) is 0 Å². The number of unbranched alkanes of at least 4 members (excludes halogenated alkanes) is 54. The van der Waals surface area contributed by atoms with Crippen LogP contribution >= 0.6 is 0 Å². The Morgan fingerprint density at radius 3 is 0.940 bits per heavy atom. The molecule has 0 radical (unpaired) electrons. The van der Waals surface area contributed by atoms with Crippen molar-refractivity contribution >= 4 is 11.9 Å². The van der Waals surface area contributed by atoms with Gasteiger partial charge in [0.15, 0.2) is 0 Å². The number of esters is 1. The Morgan fingerprint density at radius 2 is 0.602 bits per heavy atom. The SMILES string of the molecule is CCCCCC/C=C\C/C=C\CCCCCCCCCC(=O)OCCCCCCCCCCCCCCCCCCCC/C=C\CCCCCCCCCCCCCCCCCCCC(=O)NC(CO)C(O)CCCCCCCCCCC. The molecule has 0 aromatic rings. The van der Waals surface area contributed by atoms with Gasteiger partial charge in [0.25, 0.3) is 0 Å². The fraction of sp³-hybridized carbons (Fsp3) is 0.896. The maximum atomic E-state index is 12.4. The van der Waals surface area contributed by atoms with Crippen LogP contribution in [0.1, 0.15) is 418 Å². The van der Waals surface area contributed by atoms with Crippen LogP contribution in [0.25, 0.3) is 0 Å². The summed E-state index contributed by atoms with van der Waals surface area (Å²) < 4.78 is 5.51. The van der Waals surface area contributed by atoms with E-state index in [1.165, 1.54) is 334 Å². The van der Waals surface area contributed by atoms with Gasteiger partial charge < -0.3 is 20.3 Å². The van der Waals surface area contributed by atoms with Crippen LogP contribution < -0.4 is 5.32 Å². The van der Waals surface area contributed by atoms with Gasteiger partial charge in [-0.15, -0.1) is 0 Å². The highest BCUT2D eigenvalue weighted by atomic mass is 16.5. The molecule has 0 heterocycles. The van der Waals surface area contributed by atoms with E-state index in [1.807, 2.05) is 0 Å². The Morgan fingerprint density at radius 1 is 0.337 bits per heavy atom. The molecule has 0 spiro atoms. The van der Waals surface area contributed by atoms with Gasteiger partial charge >= 0.3 is 5.97 Å². The van der Waals surface area contributed by atoms with Crippen LogP contribution in [-0.2, 0) is 14.3 Å². The molecule has 1 amide bonds. The lowest BCUT2D eigenvalue weighted by Gasteiger charge is -2.22. The molecule has 83 heavy (non-hydrogen) atoms. The van der Waals surface area contributed by atoms with E-state index in [-0.39, 0.29) is 18.5 Å². The number of ether oxygens (including phenoxy) is 1. The summed E-state index contributed by atoms with van der Waals surface area (Å²) in [5.41, 5.74) is 0. The molecule has 0 aliphatic carbocycles. The lowest BCUT2D eigenvalue weighted by Crippen LogP contribution is -2.45. The van der Waals surface area contributed by atoms with Crippen molar-refractivity contribution in [2.45, 2.75) is 431 Å². The lowest BCUT2D eigenvalue weighted by atomic mass is 10.0. The van der Waals surface area contributed by atoms with E-state index in [1.54, 1.807) is 0 Å². The molecule has 0 fully saturated rings. The fourth-order valence-electron chi connectivity index (χ4n) is 11.9. The van der Waals surface area contributed by atoms with Gasteiger partial charge in [0.05, 0.1) is 25.4 Å². The lowest BCUT2D eigenvalue weighted by molar-refractivity contribution is -0.143. The first-order valence-electron chi connectivity index (χ1n) is 37.7. The molecule has 0 rings (SSSR count). The highest BCUT2D eigenvalue weighted by Crippen LogP contribution is 2.19. The Hall–Kier alpha value is -1.92. The highest BCUT2D eigenvalue weighted by Gasteiger charge is 2.20. The minimum absolute atomic E-state index is 0.0155. The number of hydrogen-bond donors (Lipinski definition) is 3. The molecule has 0 aromatic heterocycles. The molecule has 2 atom stereocenters. The monoisotopic (exact) mass is 1170 g/mol. The quantitative estimate of drug-likeness (QED) is 0.0320. The second-order valence-electron chi connectivity index (χ2n) is 26.0. The maximum Gasteiger partial charge on any atom is 0.305 e. The zero-order valence-corrected chi connectivity index (χ0v) is 56.2. The van der Waals surface area contributed by atoms with Crippen molar-refractivity contribution in [3.8, 4) is 0 Å². The molecule has 0 saturated carbocycles. The number of aliphatic hydroxyl groups excluding tert-OH is 2. The van der Waals surface area contributed by atoms with Crippen LogP contribution in [0.3, 0.4) is 0 Å². The number of amides is 1. The van der Waals surface area contributed by atoms with E-state index in [2.05, 4.69) is 55.6 Å². The molecule has 0 bridgehead atoms. The van der Waals surface area contributed by atoms with Gasteiger partial charge in [0.1, 0.15) is 0 Å². The van der Waals surface area contributed by atoms with Crippen LogP contribution in [0.2, 0.25) is 0 Å². The van der Waals surface area contributed by atoms with Crippen LogP contribution in [0, 0.1) is 0 Å². The molecule has 0 aromatic carbocycles. The Bertz CT molecular complexity index is 1340. The third kappa shape index (κ3) is 69.1. The summed E-state index contributed by atoms with van der Waals surface area (Å²) >= 11 is 0. The number of carbonyl (C=O) groups is 2. The summed E-state index contributed by atoms with van der Waals surface area (Å²) in [6.45, 7) is 4.94. The van der Waals surface area contributed by atoms with Crippen LogP contribution in [0.15, 0.2) is 36.5 Å². The van der Waals surface area contributed by atoms with E-state index in [0.717, 1.165) is 51.4 Å². The third-order valence-corrected chi connectivity index (χ3v) is 17.7. The number of nitrogens with one attached hydrogen (secondary N) is 1. The predicted molar refractivity (Wildman–Crippen MR) is 366 cm³/mol. The Balaban J connectivity index is 3.29. The molecule has 0 aliphatic heterocycles. The van der Waals surface area contributed by atoms with Gasteiger partial charge in [-0.2, -0.15) is 0 Å². The fourth-order valence-corrected chi connectivity index (χ4v) is 11.9. The van der Waals surface area contributed by atoms with E-state index >= 15 is 0 Å². The van der Waals surface area contributed by atoms with Crippen LogP contribution in [0.5, 0.6) is 0 Å². The average molecular weight is 1170 g/mol. The summed E-state index contributed by atoms with van der Waals surface area (Å²) in [5, 5.41) is 23.2. The number of carbonyl (C=O) groups excluding carboxylic acids is 2. The third-order valence-electron chi connectivity index (χ3n) is 17.7. The number of hydrogen-bond acceptors (Lipinski definition) is 5. The summed E-state index contributed by atoms with van der Waals surface area (Å²) in [6.07, 6.45) is 93.9. The second kappa shape index (κ2) is 72.6. The van der Waals surface area contributed by atoms with Crippen LogP contribution in [0.4, 0.5) is 0 Å². The smallest absolute Gasteiger partial charge is 0.305 e. The summed E-state index contributed by atoms with van der Waals surface area (Å²) in [4.78, 5) is 24.5. The molecule has 490 valence electrons. The molecule has 6 nitrogen and oxygen atoms in total. The zero-order valence-electron chi connectivity index (χ0n) is 56.2. The van der Waals surface area contributed by atoms with Gasteiger partial charge in [-0.1, -0.05) is 359 Å². The van der Waals surface area contributed by atoms with Crippen LogP contribution in [-0.4, -0.2) is 47.4 Å². The first-order valence-corrected chi connectivity index (χ1v) is 37.7. The van der Waals surface area contributed by atoms with Crippen molar-refractivity contribution < 1.29 is 24.5 Å². The highest BCUT2D eigenvalue weighted by molar-refractivity contribution is 5.76. The largest absolute Gasteiger partial charge is 0.466 e. The second-order valence-corrected chi connectivity index (χ2v) is 26.0. The van der Waals surface area contributed by atoms with Crippen molar-refractivity contribution in [3.05, 3.63) is 36.5 Å². The normalized spacial score (nSPS) is 12.7. The van der Waals surface area contributed by atoms with E-state index in [0.29, 0.717) is 25.9 Å². The van der Waals surface area contributed by atoms with Gasteiger partial charge in [-0.05, 0) is 83.5 Å². The van der Waals surface area contributed by atoms with E-state index in [4.69, 9.17) is 4.74 Å². The van der Waals surface area contributed by atoms with Gasteiger partial charge in [0.2, 0.25) is 5.91 Å². The first-order chi connectivity index (χ1) is 41.0. The summed E-state index contributed by atoms with van der Waals surface area (Å²) in [6, 6.07) is -0.536. The first kappa shape index (κ1) is 81.1. The van der Waals surface area contributed by atoms with E-state index in [9.17, 15) is 19.8 Å². The molecule has 2 unspecified atom stereocenters. The summed E-state index contributed by atoms with van der Waals surface area (Å²) in [5.74, 6) is -0.0158. The minimum atomic E-state index is -0.659. The maximum absolute atomic E-state index is 12.4.